The van der Waals surface area contributed by atoms with Gasteiger partial charge in [-0.15, -0.1) is 0 Å². The van der Waals surface area contributed by atoms with Crippen LogP contribution in [-0.4, -0.2) is 35.9 Å². The van der Waals surface area contributed by atoms with Crippen molar-refractivity contribution in [3.05, 3.63) is 53.3 Å². The Morgan fingerprint density at radius 3 is 3.04 bits per heavy atom. The van der Waals surface area contributed by atoms with Crippen LogP contribution in [0.15, 0.2) is 36.5 Å². The van der Waals surface area contributed by atoms with E-state index in [-0.39, 0.29) is 18.8 Å². The molecule has 0 bridgehead atoms. The molecule has 0 saturated heterocycles. The minimum Gasteiger partial charge on any atom is -0.468 e. The number of nitrogens with zero attached hydrogens (tertiary/aromatic N) is 1. The summed E-state index contributed by atoms with van der Waals surface area (Å²) in [5.74, 6) is 1.16. The normalized spacial score (nSPS) is 20.8. The van der Waals surface area contributed by atoms with Gasteiger partial charge in [-0.05, 0) is 35.4 Å². The fraction of sp³-hybridized carbons (Fsp3) is 0.263. The summed E-state index contributed by atoms with van der Waals surface area (Å²) < 4.78 is 15.9. The predicted molar refractivity (Wildman–Crippen MR) is 93.1 cm³/mol. The van der Waals surface area contributed by atoms with E-state index in [9.17, 15) is 4.79 Å². The molecule has 0 radical (unpaired) electrons. The van der Waals surface area contributed by atoms with E-state index < -0.39 is 6.04 Å². The Morgan fingerprint density at radius 2 is 2.15 bits per heavy atom. The number of rotatable bonds is 2. The molecule has 0 aliphatic carbocycles. The van der Waals surface area contributed by atoms with Crippen LogP contribution in [0.5, 0.6) is 11.5 Å². The summed E-state index contributed by atoms with van der Waals surface area (Å²) in [6.45, 7) is 0.225. The average Bonchev–Trinajstić information content (AvgIpc) is 3.30. The molecule has 0 spiro atoms. The smallest absolute Gasteiger partial charge is 0.323 e. The van der Waals surface area contributed by atoms with Crippen LogP contribution < -0.4 is 14.8 Å². The number of benzene rings is 1. The number of hydrogen-bond acceptors (Lipinski definition) is 6. The first-order valence-corrected chi connectivity index (χ1v) is 8.43. The van der Waals surface area contributed by atoms with Crippen molar-refractivity contribution in [2.45, 2.75) is 18.5 Å². The Labute approximate surface area is 149 Å². The highest BCUT2D eigenvalue weighted by atomic mass is 16.7. The Hall–Kier alpha value is -3.06. The maximum atomic E-state index is 12.2. The lowest BCUT2D eigenvalue weighted by atomic mass is 9.90. The van der Waals surface area contributed by atoms with E-state index >= 15 is 0 Å². The van der Waals surface area contributed by atoms with E-state index in [1.165, 1.54) is 7.11 Å². The molecule has 132 valence electrons. The number of carbonyl (C=O) groups is 1. The number of methoxy groups -OCH3 is 1. The van der Waals surface area contributed by atoms with E-state index in [0.29, 0.717) is 12.2 Å². The van der Waals surface area contributed by atoms with Gasteiger partial charge in [-0.2, -0.15) is 0 Å². The molecule has 3 aromatic rings. The monoisotopic (exact) mass is 351 g/mol. The number of esters is 1. The highest BCUT2D eigenvalue weighted by Crippen LogP contribution is 2.39. The number of H-pyrrole nitrogens is 1. The van der Waals surface area contributed by atoms with E-state index in [1.807, 2.05) is 30.3 Å². The van der Waals surface area contributed by atoms with Crippen LogP contribution in [0.25, 0.3) is 11.0 Å². The van der Waals surface area contributed by atoms with E-state index in [4.69, 9.17) is 14.2 Å². The quantitative estimate of drug-likeness (QED) is 0.688. The number of aromatic amines is 1. The molecule has 2 atom stereocenters. The lowest BCUT2D eigenvalue weighted by Crippen LogP contribution is -2.45. The first kappa shape index (κ1) is 15.2. The van der Waals surface area contributed by atoms with Crippen molar-refractivity contribution >= 4 is 17.0 Å². The fourth-order valence-corrected chi connectivity index (χ4v) is 3.76. The van der Waals surface area contributed by atoms with Gasteiger partial charge >= 0.3 is 5.97 Å². The van der Waals surface area contributed by atoms with Crippen molar-refractivity contribution in [3.8, 4) is 11.5 Å². The Balaban J connectivity index is 1.65. The van der Waals surface area contributed by atoms with Crippen LogP contribution >= 0.6 is 0 Å². The van der Waals surface area contributed by atoms with Gasteiger partial charge in [-0.25, -0.2) is 4.98 Å². The zero-order valence-corrected chi connectivity index (χ0v) is 14.1. The van der Waals surface area contributed by atoms with Crippen LogP contribution in [0, 0.1) is 0 Å². The van der Waals surface area contributed by atoms with Crippen molar-refractivity contribution in [1.82, 2.24) is 15.3 Å². The third kappa shape index (κ3) is 2.24. The molecule has 2 aromatic heterocycles. The van der Waals surface area contributed by atoms with Crippen LogP contribution in [0.4, 0.5) is 0 Å². The largest absolute Gasteiger partial charge is 0.468 e. The zero-order chi connectivity index (χ0) is 17.7. The lowest BCUT2D eigenvalue weighted by molar-refractivity contribution is -0.143. The summed E-state index contributed by atoms with van der Waals surface area (Å²) in [4.78, 5) is 20.1. The van der Waals surface area contributed by atoms with Crippen molar-refractivity contribution < 1.29 is 19.0 Å². The van der Waals surface area contributed by atoms with Crippen LogP contribution in [-0.2, 0) is 16.0 Å². The average molecular weight is 351 g/mol. The summed E-state index contributed by atoms with van der Waals surface area (Å²) in [6.07, 6.45) is 2.31. The highest BCUT2D eigenvalue weighted by molar-refractivity contribution is 5.85. The molecular weight excluding hydrogens is 334 g/mol. The molecule has 2 N–H and O–H groups in total. The number of ether oxygens (including phenoxy) is 3. The van der Waals surface area contributed by atoms with Gasteiger partial charge in [0.05, 0.1) is 13.2 Å². The molecular formula is C19H17N3O4. The van der Waals surface area contributed by atoms with Crippen molar-refractivity contribution in [3.63, 3.8) is 0 Å². The Kier molecular flexibility index (Phi) is 3.36. The zero-order valence-electron chi connectivity index (χ0n) is 14.1. The van der Waals surface area contributed by atoms with Crippen molar-refractivity contribution in [1.29, 1.82) is 0 Å². The van der Waals surface area contributed by atoms with Gasteiger partial charge in [0.25, 0.3) is 0 Å². The van der Waals surface area contributed by atoms with Gasteiger partial charge < -0.3 is 19.2 Å². The molecule has 5 rings (SSSR count). The molecule has 0 amide bonds. The molecule has 7 heteroatoms. The molecule has 26 heavy (non-hydrogen) atoms. The van der Waals surface area contributed by atoms with Gasteiger partial charge in [0.15, 0.2) is 11.5 Å². The van der Waals surface area contributed by atoms with Crippen LogP contribution in [0.3, 0.4) is 0 Å². The minimum atomic E-state index is -0.429. The number of pyridine rings is 1. The summed E-state index contributed by atoms with van der Waals surface area (Å²) >= 11 is 0. The Bertz CT molecular complexity index is 1010. The van der Waals surface area contributed by atoms with Gasteiger partial charge in [0.2, 0.25) is 6.79 Å². The molecule has 0 unspecified atom stereocenters. The fourth-order valence-electron chi connectivity index (χ4n) is 3.76. The van der Waals surface area contributed by atoms with E-state index in [2.05, 4.69) is 15.3 Å². The summed E-state index contributed by atoms with van der Waals surface area (Å²) in [5, 5.41) is 4.43. The van der Waals surface area contributed by atoms with E-state index in [1.54, 1.807) is 6.20 Å². The van der Waals surface area contributed by atoms with Gasteiger partial charge in [-0.3, -0.25) is 10.1 Å². The van der Waals surface area contributed by atoms with Crippen LogP contribution in [0.1, 0.15) is 22.9 Å². The molecule has 0 fully saturated rings. The second kappa shape index (κ2) is 5.74. The first-order chi connectivity index (χ1) is 12.7. The minimum absolute atomic E-state index is 0.202. The SMILES string of the molecule is COC(=O)[C@H]1Cc2c([nH]c3ncccc23)[C@@H](c2ccc3c(c2)OCO3)N1. The van der Waals surface area contributed by atoms with Crippen molar-refractivity contribution in [2.24, 2.45) is 0 Å². The number of nitrogens with one attached hydrogen (secondary N) is 2. The van der Waals surface area contributed by atoms with Gasteiger partial charge in [0.1, 0.15) is 11.7 Å². The van der Waals surface area contributed by atoms with Crippen molar-refractivity contribution in [2.75, 3.05) is 13.9 Å². The number of carbonyl (C=O) groups excluding carboxylic acids is 1. The molecule has 0 saturated carbocycles. The van der Waals surface area contributed by atoms with Crippen LogP contribution in [0.2, 0.25) is 0 Å². The molecule has 2 aliphatic rings. The third-order valence-electron chi connectivity index (χ3n) is 4.99. The Morgan fingerprint density at radius 1 is 1.27 bits per heavy atom. The topological polar surface area (TPSA) is 85.5 Å². The van der Waals surface area contributed by atoms with Gasteiger partial charge in [-0.1, -0.05) is 6.07 Å². The second-order valence-electron chi connectivity index (χ2n) is 6.41. The summed E-state index contributed by atoms with van der Waals surface area (Å²) in [6, 6.07) is 9.11. The highest BCUT2D eigenvalue weighted by Gasteiger charge is 2.35. The van der Waals surface area contributed by atoms with Gasteiger partial charge in [0, 0.05) is 23.7 Å². The first-order valence-electron chi connectivity index (χ1n) is 8.43. The van der Waals surface area contributed by atoms with E-state index in [0.717, 1.165) is 33.6 Å². The number of hydrogen-bond donors (Lipinski definition) is 2. The number of fused-ring (bicyclic) bond motifs is 4. The lowest BCUT2D eigenvalue weighted by Gasteiger charge is -2.30. The number of aromatic nitrogens is 2. The maximum absolute atomic E-state index is 12.2. The molecule has 1 aromatic carbocycles. The molecule has 2 aliphatic heterocycles. The standard InChI is InChI=1S/C19H17N3O4/c1-24-19(23)13-8-12-11-3-2-6-20-18(11)22-17(12)16(21-13)10-4-5-14-15(7-10)26-9-25-14/h2-7,13,16,21H,8-9H2,1H3,(H,20,22)/t13-,16-/m1/s1. The maximum Gasteiger partial charge on any atom is 0.323 e. The predicted octanol–water partition coefficient (Wildman–Crippen LogP) is 2.07. The molecule has 7 nitrogen and oxygen atoms in total. The summed E-state index contributed by atoms with van der Waals surface area (Å²) in [5.41, 5.74) is 3.90. The second-order valence-corrected chi connectivity index (χ2v) is 6.41. The third-order valence-corrected chi connectivity index (χ3v) is 4.99. The summed E-state index contributed by atoms with van der Waals surface area (Å²) in [7, 11) is 1.41. The molecule has 4 heterocycles.